The van der Waals surface area contributed by atoms with Gasteiger partial charge in [0.05, 0.1) is 12.3 Å². The van der Waals surface area contributed by atoms with E-state index in [2.05, 4.69) is 20.2 Å². The van der Waals surface area contributed by atoms with Gasteiger partial charge in [0.2, 0.25) is 0 Å². The van der Waals surface area contributed by atoms with E-state index >= 15 is 0 Å². The van der Waals surface area contributed by atoms with Crippen molar-refractivity contribution in [3.8, 4) is 5.75 Å². The molecule has 1 fully saturated rings. The number of carbonyl (C=O) groups is 1. The van der Waals surface area contributed by atoms with Crippen LogP contribution in [0.15, 0.2) is 36.7 Å². The van der Waals surface area contributed by atoms with Crippen molar-refractivity contribution >= 4 is 17.2 Å². The van der Waals surface area contributed by atoms with Crippen molar-refractivity contribution in [2.45, 2.75) is 19.0 Å². The van der Waals surface area contributed by atoms with Gasteiger partial charge >= 0.3 is 6.18 Å². The lowest BCUT2D eigenvalue weighted by molar-refractivity contribution is -0.141. The van der Waals surface area contributed by atoms with E-state index < -0.39 is 17.8 Å². The summed E-state index contributed by atoms with van der Waals surface area (Å²) in [4.78, 5) is 22.8. The third-order valence-electron chi connectivity index (χ3n) is 4.88. The Morgan fingerprint density at radius 2 is 2.03 bits per heavy atom. The number of rotatable bonds is 5. The van der Waals surface area contributed by atoms with Gasteiger partial charge in [0, 0.05) is 37.5 Å². The molecule has 1 saturated heterocycles. The molecule has 158 valence electrons. The summed E-state index contributed by atoms with van der Waals surface area (Å²) in [7, 11) is 2.04. The number of nitrogens with one attached hydrogen (secondary N) is 1. The molecule has 30 heavy (non-hydrogen) atoms. The summed E-state index contributed by atoms with van der Waals surface area (Å²) in [5.74, 6) is -0.0339. The highest BCUT2D eigenvalue weighted by atomic mass is 19.4. The molecule has 0 radical (unpaired) electrons. The Kier molecular flexibility index (Phi) is 5.10. The maximum absolute atomic E-state index is 12.9. The van der Waals surface area contributed by atoms with Crippen molar-refractivity contribution in [2.75, 3.05) is 32.1 Å². The predicted octanol–water partition coefficient (Wildman–Crippen LogP) is 3.43. The molecule has 0 spiro atoms. The minimum absolute atomic E-state index is 0.322. The Morgan fingerprint density at radius 3 is 2.70 bits per heavy atom. The van der Waals surface area contributed by atoms with Crippen LogP contribution in [0.1, 0.15) is 34.7 Å². The molecule has 3 aromatic heterocycles. The van der Waals surface area contributed by atoms with E-state index in [1.165, 1.54) is 6.07 Å². The average molecular weight is 419 g/mol. The number of amides is 1. The molecule has 0 aromatic carbocycles. The van der Waals surface area contributed by atoms with Crippen LogP contribution in [0.5, 0.6) is 5.75 Å². The first-order valence-corrected chi connectivity index (χ1v) is 9.44. The summed E-state index contributed by atoms with van der Waals surface area (Å²) >= 11 is 0. The highest BCUT2D eigenvalue weighted by Gasteiger charge is 2.33. The first-order chi connectivity index (χ1) is 14.2. The molecule has 0 bridgehead atoms. The topological polar surface area (TPSA) is 71.8 Å². The highest BCUT2D eigenvalue weighted by Crippen LogP contribution is 2.31. The quantitative estimate of drug-likeness (QED) is 0.686. The van der Waals surface area contributed by atoms with E-state index in [0.717, 1.165) is 30.9 Å². The molecule has 4 rings (SSSR count). The lowest BCUT2D eigenvalue weighted by Crippen LogP contribution is -2.41. The van der Waals surface area contributed by atoms with Crippen LogP contribution in [0.25, 0.3) is 5.65 Å². The van der Waals surface area contributed by atoms with Crippen molar-refractivity contribution in [3.05, 3.63) is 53.7 Å². The molecule has 0 saturated carbocycles. The van der Waals surface area contributed by atoms with Gasteiger partial charge in [0.1, 0.15) is 28.5 Å². The fraction of sp³-hybridized carbons (Fsp3) is 0.350. The van der Waals surface area contributed by atoms with E-state index in [9.17, 15) is 18.0 Å². The van der Waals surface area contributed by atoms with Gasteiger partial charge in [-0.3, -0.25) is 4.79 Å². The Balaban J connectivity index is 1.63. The molecule has 1 N–H and O–H groups in total. The number of ether oxygens (including phenoxy) is 1. The summed E-state index contributed by atoms with van der Waals surface area (Å²) in [5, 5.41) is 2.61. The molecule has 0 aliphatic carbocycles. The summed E-state index contributed by atoms with van der Waals surface area (Å²) in [6.45, 7) is 3.99. The SMILES string of the molecule is CCOc1cc2nc(C3CN(C)C3)cn2cc1NC(=O)c1cccc(C(F)(F)F)n1. The van der Waals surface area contributed by atoms with Gasteiger partial charge < -0.3 is 19.4 Å². The first kappa shape index (κ1) is 20.1. The van der Waals surface area contributed by atoms with Crippen molar-refractivity contribution < 1.29 is 22.7 Å². The second-order valence-corrected chi connectivity index (χ2v) is 7.19. The van der Waals surface area contributed by atoms with Crippen LogP contribution in [0, 0.1) is 0 Å². The Labute approximate surface area is 170 Å². The summed E-state index contributed by atoms with van der Waals surface area (Å²) in [5.41, 5.74) is 0.469. The third-order valence-corrected chi connectivity index (χ3v) is 4.88. The zero-order valence-electron chi connectivity index (χ0n) is 16.4. The number of hydrogen-bond donors (Lipinski definition) is 1. The number of alkyl halides is 3. The number of likely N-dealkylation sites (N-methyl/N-ethyl adjacent to an activating group) is 1. The average Bonchev–Trinajstić information content (AvgIpc) is 3.07. The minimum atomic E-state index is -4.63. The van der Waals surface area contributed by atoms with E-state index in [-0.39, 0.29) is 5.69 Å². The number of likely N-dealkylation sites (tertiary alicyclic amines) is 1. The van der Waals surface area contributed by atoms with Gasteiger partial charge in [0.15, 0.2) is 0 Å². The van der Waals surface area contributed by atoms with Crippen LogP contribution >= 0.6 is 0 Å². The Bertz CT molecular complexity index is 1090. The number of carbonyl (C=O) groups excluding carboxylic acids is 1. The summed E-state index contributed by atoms with van der Waals surface area (Å²) in [6, 6.07) is 4.89. The zero-order valence-corrected chi connectivity index (χ0v) is 16.4. The van der Waals surface area contributed by atoms with Crippen molar-refractivity contribution in [3.63, 3.8) is 0 Å². The van der Waals surface area contributed by atoms with Gasteiger partial charge in [-0.15, -0.1) is 0 Å². The number of hydrogen-bond acceptors (Lipinski definition) is 5. The number of aromatic nitrogens is 3. The van der Waals surface area contributed by atoms with E-state index in [0.29, 0.717) is 29.6 Å². The molecule has 4 heterocycles. The standard InChI is InChI=1S/C20H20F3N5O2/c1-3-30-16-7-18-25-14(12-8-27(2)9-12)10-28(18)11-15(16)26-19(29)13-5-4-6-17(24-13)20(21,22)23/h4-7,10-12H,3,8-9H2,1-2H3,(H,26,29). The van der Waals surface area contributed by atoms with Crippen LogP contribution in [0.3, 0.4) is 0 Å². The lowest BCUT2D eigenvalue weighted by Gasteiger charge is -2.34. The van der Waals surface area contributed by atoms with Gasteiger partial charge in [-0.1, -0.05) is 6.07 Å². The number of halogens is 3. The molecule has 1 aliphatic heterocycles. The molecule has 0 unspecified atom stereocenters. The number of anilines is 1. The van der Waals surface area contributed by atoms with Crippen molar-refractivity contribution in [2.24, 2.45) is 0 Å². The van der Waals surface area contributed by atoms with Gasteiger partial charge in [-0.25, -0.2) is 9.97 Å². The first-order valence-electron chi connectivity index (χ1n) is 9.44. The summed E-state index contributed by atoms with van der Waals surface area (Å²) in [6.07, 6.45) is -1.10. The monoisotopic (exact) mass is 419 g/mol. The van der Waals surface area contributed by atoms with Crippen LogP contribution in [-0.2, 0) is 6.18 Å². The normalized spacial score (nSPS) is 15.2. The molecule has 7 nitrogen and oxygen atoms in total. The number of fused-ring (bicyclic) bond motifs is 1. The predicted molar refractivity (Wildman–Crippen MR) is 104 cm³/mol. The molecular formula is C20H20F3N5O2. The third kappa shape index (κ3) is 3.95. The molecule has 1 amide bonds. The fourth-order valence-electron chi connectivity index (χ4n) is 3.39. The van der Waals surface area contributed by atoms with Gasteiger partial charge in [0.25, 0.3) is 5.91 Å². The van der Waals surface area contributed by atoms with E-state index in [4.69, 9.17) is 4.74 Å². The lowest BCUT2D eigenvalue weighted by atomic mass is 9.98. The van der Waals surface area contributed by atoms with E-state index in [1.54, 1.807) is 23.6 Å². The van der Waals surface area contributed by atoms with Gasteiger partial charge in [-0.2, -0.15) is 13.2 Å². The summed E-state index contributed by atoms with van der Waals surface area (Å²) < 4.78 is 46.1. The van der Waals surface area contributed by atoms with Crippen molar-refractivity contribution in [1.82, 2.24) is 19.3 Å². The van der Waals surface area contributed by atoms with Crippen LogP contribution in [0.4, 0.5) is 18.9 Å². The van der Waals surface area contributed by atoms with Gasteiger partial charge in [-0.05, 0) is 26.1 Å². The fourth-order valence-corrected chi connectivity index (χ4v) is 3.39. The zero-order chi connectivity index (χ0) is 21.5. The molecule has 10 heteroatoms. The second kappa shape index (κ2) is 7.60. The van der Waals surface area contributed by atoms with Crippen LogP contribution in [-0.4, -0.2) is 51.9 Å². The maximum Gasteiger partial charge on any atom is 0.433 e. The molecule has 1 aliphatic rings. The smallest absolute Gasteiger partial charge is 0.433 e. The van der Waals surface area contributed by atoms with Crippen LogP contribution in [0.2, 0.25) is 0 Å². The molecule has 0 atom stereocenters. The number of nitrogens with zero attached hydrogens (tertiary/aromatic N) is 4. The minimum Gasteiger partial charge on any atom is -0.491 e. The Hall–Kier alpha value is -3.14. The van der Waals surface area contributed by atoms with E-state index in [1.807, 2.05) is 13.2 Å². The second-order valence-electron chi connectivity index (χ2n) is 7.19. The van der Waals surface area contributed by atoms with Crippen LogP contribution < -0.4 is 10.1 Å². The highest BCUT2D eigenvalue weighted by molar-refractivity contribution is 6.03. The molecular weight excluding hydrogens is 399 g/mol. The molecule has 3 aromatic rings. The Morgan fingerprint density at radius 1 is 1.27 bits per heavy atom. The number of imidazole rings is 1. The number of pyridine rings is 2. The van der Waals surface area contributed by atoms with Crippen molar-refractivity contribution in [1.29, 1.82) is 0 Å². The largest absolute Gasteiger partial charge is 0.491 e. The maximum atomic E-state index is 12.9.